The van der Waals surface area contributed by atoms with Gasteiger partial charge in [-0.05, 0) is 13.8 Å². The summed E-state index contributed by atoms with van der Waals surface area (Å²) in [5.41, 5.74) is 0.671. The number of nitrogens with zero attached hydrogens (tertiary/aromatic N) is 2. The summed E-state index contributed by atoms with van der Waals surface area (Å²) in [4.78, 5) is 7.87. The highest BCUT2D eigenvalue weighted by atomic mass is 19.3. The number of rotatable bonds is 5. The van der Waals surface area contributed by atoms with Crippen molar-refractivity contribution in [2.24, 2.45) is 0 Å². The Bertz CT molecular complexity index is 320. The summed E-state index contributed by atoms with van der Waals surface area (Å²) in [6, 6.07) is 1.65. The van der Waals surface area contributed by atoms with Crippen LogP contribution in [0.5, 0.6) is 5.88 Å². The number of hydrogen-bond acceptors (Lipinski definition) is 4. The Morgan fingerprint density at radius 1 is 1.47 bits per heavy atom. The molecule has 0 saturated heterocycles. The summed E-state index contributed by atoms with van der Waals surface area (Å²) < 4.78 is 29.0. The predicted molar refractivity (Wildman–Crippen MR) is 52.4 cm³/mol. The van der Waals surface area contributed by atoms with Crippen molar-refractivity contribution in [1.82, 2.24) is 9.97 Å². The molecule has 0 aliphatic carbocycles. The van der Waals surface area contributed by atoms with Crippen molar-refractivity contribution in [2.45, 2.75) is 20.3 Å². The van der Waals surface area contributed by atoms with Crippen LogP contribution >= 0.6 is 0 Å². The summed E-state index contributed by atoms with van der Waals surface area (Å²) in [6.07, 6.45) is -2.43. The Hall–Kier alpha value is -1.46. The molecule has 15 heavy (non-hydrogen) atoms. The molecule has 0 aliphatic rings. The third kappa shape index (κ3) is 4.05. The first-order valence-electron chi connectivity index (χ1n) is 4.62. The van der Waals surface area contributed by atoms with Crippen LogP contribution in [0.1, 0.15) is 12.6 Å². The highest BCUT2D eigenvalue weighted by molar-refractivity contribution is 5.30. The van der Waals surface area contributed by atoms with Gasteiger partial charge in [0.05, 0.1) is 13.2 Å². The Morgan fingerprint density at radius 2 is 2.20 bits per heavy atom. The molecular formula is C9H13F2N3O. The molecule has 0 unspecified atom stereocenters. The zero-order chi connectivity index (χ0) is 11.3. The largest absolute Gasteiger partial charge is 0.478 e. The summed E-state index contributed by atoms with van der Waals surface area (Å²) in [7, 11) is 0. The van der Waals surface area contributed by atoms with Gasteiger partial charge in [-0.25, -0.2) is 13.8 Å². The highest BCUT2D eigenvalue weighted by Crippen LogP contribution is 2.11. The van der Waals surface area contributed by atoms with Gasteiger partial charge in [-0.15, -0.1) is 0 Å². The molecule has 0 aliphatic heterocycles. The van der Waals surface area contributed by atoms with E-state index in [0.717, 1.165) is 0 Å². The van der Waals surface area contributed by atoms with Crippen molar-refractivity contribution in [1.29, 1.82) is 0 Å². The molecule has 0 saturated carbocycles. The first-order valence-corrected chi connectivity index (χ1v) is 4.62. The van der Waals surface area contributed by atoms with Crippen LogP contribution in [0.25, 0.3) is 0 Å². The summed E-state index contributed by atoms with van der Waals surface area (Å²) in [6.45, 7) is 3.58. The monoisotopic (exact) mass is 217 g/mol. The molecule has 0 atom stereocenters. The standard InChI is InChI=1S/C9H13F2N3O/c1-3-15-8-4-6(2)13-9(14-8)12-5-7(10)11/h4,7H,3,5H2,1-2H3,(H,12,13,14). The van der Waals surface area contributed by atoms with Gasteiger partial charge < -0.3 is 10.1 Å². The van der Waals surface area contributed by atoms with Crippen LogP contribution in [0.15, 0.2) is 6.07 Å². The van der Waals surface area contributed by atoms with Crippen molar-refractivity contribution in [3.8, 4) is 5.88 Å². The maximum absolute atomic E-state index is 11.9. The van der Waals surface area contributed by atoms with Crippen LogP contribution in [0.3, 0.4) is 0 Å². The molecular weight excluding hydrogens is 204 g/mol. The van der Waals surface area contributed by atoms with Gasteiger partial charge in [-0.2, -0.15) is 4.98 Å². The minimum absolute atomic E-state index is 0.166. The fourth-order valence-electron chi connectivity index (χ4n) is 1.01. The third-order valence-electron chi connectivity index (χ3n) is 1.54. The normalized spacial score (nSPS) is 10.5. The fourth-order valence-corrected chi connectivity index (χ4v) is 1.01. The fraction of sp³-hybridized carbons (Fsp3) is 0.556. The van der Waals surface area contributed by atoms with Crippen molar-refractivity contribution < 1.29 is 13.5 Å². The van der Waals surface area contributed by atoms with Crippen LogP contribution in [-0.4, -0.2) is 29.5 Å². The molecule has 0 aromatic carbocycles. The quantitative estimate of drug-likeness (QED) is 0.817. The molecule has 1 rings (SSSR count). The Balaban J connectivity index is 2.70. The van der Waals surface area contributed by atoms with Crippen LogP contribution in [0, 0.1) is 6.92 Å². The molecule has 6 heteroatoms. The summed E-state index contributed by atoms with van der Waals surface area (Å²) in [5, 5.41) is 2.43. The van der Waals surface area contributed by atoms with E-state index in [-0.39, 0.29) is 5.95 Å². The van der Waals surface area contributed by atoms with E-state index in [9.17, 15) is 8.78 Å². The lowest BCUT2D eigenvalue weighted by atomic mass is 10.4. The van der Waals surface area contributed by atoms with E-state index >= 15 is 0 Å². The number of hydrogen-bond donors (Lipinski definition) is 1. The van der Waals surface area contributed by atoms with E-state index in [1.54, 1.807) is 13.0 Å². The van der Waals surface area contributed by atoms with Crippen LogP contribution < -0.4 is 10.1 Å². The molecule has 0 spiro atoms. The minimum Gasteiger partial charge on any atom is -0.478 e. The number of halogens is 2. The molecule has 0 amide bonds. The second kappa shape index (κ2) is 5.43. The predicted octanol–water partition coefficient (Wildman–Crippen LogP) is 1.86. The topological polar surface area (TPSA) is 47.0 Å². The van der Waals surface area contributed by atoms with Crippen LogP contribution in [0.4, 0.5) is 14.7 Å². The van der Waals surface area contributed by atoms with Crippen molar-refractivity contribution in [2.75, 3.05) is 18.5 Å². The molecule has 0 radical (unpaired) electrons. The van der Waals surface area contributed by atoms with Gasteiger partial charge in [0.2, 0.25) is 11.8 Å². The average molecular weight is 217 g/mol. The SMILES string of the molecule is CCOc1cc(C)nc(NCC(F)F)n1. The highest BCUT2D eigenvalue weighted by Gasteiger charge is 2.05. The van der Waals surface area contributed by atoms with E-state index in [4.69, 9.17) is 4.74 Å². The number of aromatic nitrogens is 2. The number of nitrogens with one attached hydrogen (secondary N) is 1. The van der Waals surface area contributed by atoms with Gasteiger partial charge in [-0.3, -0.25) is 0 Å². The summed E-state index contributed by atoms with van der Waals surface area (Å²) >= 11 is 0. The Morgan fingerprint density at radius 3 is 2.80 bits per heavy atom. The number of alkyl halides is 2. The van der Waals surface area contributed by atoms with Crippen LogP contribution in [0.2, 0.25) is 0 Å². The maximum Gasteiger partial charge on any atom is 0.255 e. The Kier molecular flexibility index (Phi) is 4.20. The lowest BCUT2D eigenvalue weighted by Crippen LogP contribution is -2.13. The average Bonchev–Trinajstić information content (AvgIpc) is 2.14. The van der Waals surface area contributed by atoms with E-state index in [1.807, 2.05) is 6.92 Å². The number of aryl methyl sites for hydroxylation is 1. The van der Waals surface area contributed by atoms with Crippen molar-refractivity contribution in [3.05, 3.63) is 11.8 Å². The van der Waals surface area contributed by atoms with Crippen molar-refractivity contribution in [3.63, 3.8) is 0 Å². The third-order valence-corrected chi connectivity index (χ3v) is 1.54. The van der Waals surface area contributed by atoms with E-state index in [0.29, 0.717) is 18.2 Å². The summed E-state index contributed by atoms with van der Waals surface area (Å²) in [5.74, 6) is 0.556. The van der Waals surface area contributed by atoms with Crippen molar-refractivity contribution >= 4 is 5.95 Å². The molecule has 0 fully saturated rings. The molecule has 4 nitrogen and oxygen atoms in total. The van der Waals surface area contributed by atoms with Gasteiger partial charge in [0.15, 0.2) is 0 Å². The zero-order valence-electron chi connectivity index (χ0n) is 8.63. The molecule has 1 aromatic rings. The lowest BCUT2D eigenvalue weighted by molar-refractivity contribution is 0.163. The molecule has 1 heterocycles. The van der Waals surface area contributed by atoms with Gasteiger partial charge in [-0.1, -0.05) is 0 Å². The van der Waals surface area contributed by atoms with E-state index < -0.39 is 13.0 Å². The van der Waals surface area contributed by atoms with Crippen LogP contribution in [-0.2, 0) is 0 Å². The van der Waals surface area contributed by atoms with Gasteiger partial charge in [0.25, 0.3) is 6.43 Å². The number of anilines is 1. The minimum atomic E-state index is -2.43. The second-order valence-electron chi connectivity index (χ2n) is 2.88. The van der Waals surface area contributed by atoms with Gasteiger partial charge >= 0.3 is 0 Å². The lowest BCUT2D eigenvalue weighted by Gasteiger charge is -2.07. The first-order chi connectivity index (χ1) is 7.11. The Labute approximate surface area is 86.7 Å². The van der Waals surface area contributed by atoms with Gasteiger partial charge in [0, 0.05) is 11.8 Å². The smallest absolute Gasteiger partial charge is 0.255 e. The second-order valence-corrected chi connectivity index (χ2v) is 2.88. The maximum atomic E-state index is 11.9. The zero-order valence-corrected chi connectivity index (χ0v) is 8.63. The van der Waals surface area contributed by atoms with E-state index in [1.165, 1.54) is 0 Å². The number of ether oxygens (including phenoxy) is 1. The first kappa shape index (κ1) is 11.6. The molecule has 1 aromatic heterocycles. The molecule has 84 valence electrons. The molecule has 1 N–H and O–H groups in total. The van der Waals surface area contributed by atoms with E-state index in [2.05, 4.69) is 15.3 Å². The van der Waals surface area contributed by atoms with Gasteiger partial charge in [0.1, 0.15) is 0 Å². The molecule has 0 bridgehead atoms.